The monoisotopic (exact) mass is 241 g/mol. The average molecular weight is 241 g/mol. The molecule has 0 aromatic carbocycles. The largest absolute Gasteiger partial charge is 0.382 e. The van der Waals surface area contributed by atoms with Crippen LogP contribution in [0.25, 0.3) is 0 Å². The van der Waals surface area contributed by atoms with Crippen molar-refractivity contribution in [1.82, 2.24) is 25.5 Å². The van der Waals surface area contributed by atoms with E-state index in [-0.39, 0.29) is 6.04 Å². The third-order valence-electron chi connectivity index (χ3n) is 2.60. The van der Waals surface area contributed by atoms with E-state index in [9.17, 15) is 0 Å². The minimum atomic E-state index is 0.235. The van der Waals surface area contributed by atoms with Gasteiger partial charge in [0.2, 0.25) is 0 Å². The number of hydrogen-bond donors (Lipinski definition) is 1. The summed E-state index contributed by atoms with van der Waals surface area (Å²) >= 11 is 0. The predicted octanol–water partition coefficient (Wildman–Crippen LogP) is 1.16. The highest BCUT2D eigenvalue weighted by Crippen LogP contribution is 2.14. The molecule has 98 valence electrons. The van der Waals surface area contributed by atoms with Gasteiger partial charge >= 0.3 is 0 Å². The van der Waals surface area contributed by atoms with Crippen molar-refractivity contribution in [2.24, 2.45) is 0 Å². The maximum Gasteiger partial charge on any atom is 0.165 e. The molecule has 0 radical (unpaired) electrons. The molecule has 1 aromatic heterocycles. The number of nitrogens with one attached hydrogen (secondary N) is 1. The van der Waals surface area contributed by atoms with Crippen molar-refractivity contribution in [1.29, 1.82) is 0 Å². The minimum Gasteiger partial charge on any atom is -0.382 e. The van der Waals surface area contributed by atoms with Gasteiger partial charge in [0, 0.05) is 7.11 Å². The van der Waals surface area contributed by atoms with Gasteiger partial charge in [-0.3, -0.25) is 0 Å². The second-order valence-corrected chi connectivity index (χ2v) is 4.11. The maximum atomic E-state index is 5.22. The Morgan fingerprint density at radius 2 is 2.18 bits per heavy atom. The lowest BCUT2D eigenvalue weighted by atomic mass is 10.2. The van der Waals surface area contributed by atoms with E-state index in [0.29, 0.717) is 13.2 Å². The van der Waals surface area contributed by atoms with Gasteiger partial charge in [-0.05, 0) is 29.8 Å². The van der Waals surface area contributed by atoms with Gasteiger partial charge in [-0.2, -0.15) is 0 Å². The highest BCUT2D eigenvalue weighted by molar-refractivity contribution is 4.84. The molecule has 0 bridgehead atoms. The summed E-state index contributed by atoms with van der Waals surface area (Å²) in [4.78, 5) is 0. The zero-order chi connectivity index (χ0) is 12.5. The van der Waals surface area contributed by atoms with Crippen LogP contribution in [0.5, 0.6) is 0 Å². The molecular formula is C11H23N5O. The van der Waals surface area contributed by atoms with Crippen molar-refractivity contribution in [2.45, 2.75) is 45.7 Å². The fraction of sp³-hybridized carbons (Fsp3) is 0.909. The van der Waals surface area contributed by atoms with Crippen molar-refractivity contribution < 1.29 is 4.74 Å². The normalized spacial score (nSPS) is 12.9. The second kappa shape index (κ2) is 8.14. The predicted molar refractivity (Wildman–Crippen MR) is 65.6 cm³/mol. The number of nitrogens with zero attached hydrogens (tertiary/aromatic N) is 4. The fourth-order valence-electron chi connectivity index (χ4n) is 1.79. The number of rotatable bonds is 9. The van der Waals surface area contributed by atoms with E-state index < -0.39 is 0 Å². The van der Waals surface area contributed by atoms with Crippen molar-refractivity contribution in [3.63, 3.8) is 0 Å². The summed E-state index contributed by atoms with van der Waals surface area (Å²) in [6.07, 6.45) is 3.23. The molecule has 0 amide bonds. The van der Waals surface area contributed by atoms with E-state index in [4.69, 9.17) is 4.74 Å². The number of tetrazole rings is 1. The lowest BCUT2D eigenvalue weighted by Gasteiger charge is -2.16. The van der Waals surface area contributed by atoms with Gasteiger partial charge in [-0.1, -0.05) is 20.3 Å². The highest BCUT2D eigenvalue weighted by atomic mass is 16.5. The highest BCUT2D eigenvalue weighted by Gasteiger charge is 2.15. The smallest absolute Gasteiger partial charge is 0.165 e. The Balaban J connectivity index is 2.63. The van der Waals surface area contributed by atoms with Gasteiger partial charge in [0.05, 0.1) is 19.2 Å². The summed E-state index contributed by atoms with van der Waals surface area (Å²) in [5.74, 6) is 0.883. The van der Waals surface area contributed by atoms with Crippen molar-refractivity contribution in [3.05, 3.63) is 5.82 Å². The van der Waals surface area contributed by atoms with Crippen molar-refractivity contribution in [2.75, 3.05) is 20.3 Å². The van der Waals surface area contributed by atoms with Gasteiger partial charge in [0.1, 0.15) is 0 Å². The van der Waals surface area contributed by atoms with E-state index in [0.717, 1.165) is 31.6 Å². The van der Waals surface area contributed by atoms with Crippen LogP contribution in [0.2, 0.25) is 0 Å². The average Bonchev–Trinajstić information content (AvgIpc) is 2.77. The zero-order valence-corrected chi connectivity index (χ0v) is 11.0. The van der Waals surface area contributed by atoms with Gasteiger partial charge in [0.15, 0.2) is 5.82 Å². The molecule has 0 fully saturated rings. The van der Waals surface area contributed by atoms with Crippen LogP contribution in [0.3, 0.4) is 0 Å². The molecule has 1 aromatic rings. The molecule has 6 nitrogen and oxygen atoms in total. The summed E-state index contributed by atoms with van der Waals surface area (Å²) in [6, 6.07) is 0.235. The summed E-state index contributed by atoms with van der Waals surface area (Å²) in [7, 11) is 1.71. The molecular weight excluding hydrogens is 218 g/mol. The Hall–Kier alpha value is -1.01. The van der Waals surface area contributed by atoms with Crippen LogP contribution < -0.4 is 5.32 Å². The van der Waals surface area contributed by atoms with Gasteiger partial charge in [-0.25, -0.2) is 4.68 Å². The number of ether oxygens (including phenoxy) is 1. The molecule has 0 aliphatic carbocycles. The van der Waals surface area contributed by atoms with Crippen molar-refractivity contribution in [3.8, 4) is 0 Å². The quantitative estimate of drug-likeness (QED) is 0.657. The van der Waals surface area contributed by atoms with E-state index in [1.54, 1.807) is 7.11 Å². The fourth-order valence-corrected chi connectivity index (χ4v) is 1.79. The zero-order valence-electron chi connectivity index (χ0n) is 11.0. The maximum absolute atomic E-state index is 5.22. The van der Waals surface area contributed by atoms with Crippen LogP contribution in [-0.2, 0) is 11.3 Å². The summed E-state index contributed by atoms with van der Waals surface area (Å²) in [6.45, 7) is 6.64. The molecule has 0 aliphatic heterocycles. The number of aromatic nitrogens is 4. The van der Waals surface area contributed by atoms with Gasteiger partial charge < -0.3 is 10.1 Å². The van der Waals surface area contributed by atoms with Crippen molar-refractivity contribution >= 4 is 0 Å². The summed E-state index contributed by atoms with van der Waals surface area (Å²) in [5.41, 5.74) is 0. The van der Waals surface area contributed by atoms with E-state index in [1.807, 2.05) is 4.68 Å². The van der Waals surface area contributed by atoms with Crippen LogP contribution in [0.1, 0.15) is 45.0 Å². The third-order valence-corrected chi connectivity index (χ3v) is 2.60. The van der Waals surface area contributed by atoms with E-state index >= 15 is 0 Å². The first-order valence-corrected chi connectivity index (χ1v) is 6.29. The third kappa shape index (κ3) is 4.40. The first kappa shape index (κ1) is 14.1. The minimum absolute atomic E-state index is 0.235. The van der Waals surface area contributed by atoms with Gasteiger partial charge in [-0.15, -0.1) is 5.10 Å². The number of methoxy groups -OCH3 is 1. The second-order valence-electron chi connectivity index (χ2n) is 4.11. The summed E-state index contributed by atoms with van der Waals surface area (Å²) in [5, 5.41) is 15.2. The van der Waals surface area contributed by atoms with Crippen LogP contribution in [-0.4, -0.2) is 40.5 Å². The molecule has 1 unspecified atom stereocenters. The molecule has 6 heteroatoms. The SMILES string of the molecule is CCCNCc1nnnn1C(CCC)COC. The molecule has 1 heterocycles. The van der Waals surface area contributed by atoms with Crippen LogP contribution in [0.4, 0.5) is 0 Å². The molecule has 1 N–H and O–H groups in total. The molecule has 0 saturated carbocycles. The Morgan fingerprint density at radius 3 is 2.82 bits per heavy atom. The first-order valence-electron chi connectivity index (χ1n) is 6.29. The molecule has 0 aliphatic rings. The topological polar surface area (TPSA) is 64.9 Å². The Bertz CT molecular complexity index is 296. The lowest BCUT2D eigenvalue weighted by molar-refractivity contribution is 0.141. The van der Waals surface area contributed by atoms with Gasteiger partial charge in [0.25, 0.3) is 0 Å². The van der Waals surface area contributed by atoms with Crippen LogP contribution in [0.15, 0.2) is 0 Å². The van der Waals surface area contributed by atoms with E-state index in [1.165, 1.54) is 0 Å². The number of hydrogen-bond acceptors (Lipinski definition) is 5. The first-order chi connectivity index (χ1) is 8.33. The van der Waals surface area contributed by atoms with E-state index in [2.05, 4.69) is 34.7 Å². The molecule has 1 rings (SSSR count). The van der Waals surface area contributed by atoms with Crippen LogP contribution in [0, 0.1) is 0 Å². The Labute approximate surface area is 103 Å². The Kier molecular flexibility index (Phi) is 6.73. The summed E-state index contributed by atoms with van der Waals surface area (Å²) < 4.78 is 7.11. The standard InChI is InChI=1S/C11H23N5O/c1-4-6-10(9-17-3)16-11(13-14-15-16)8-12-7-5-2/h10,12H,4-9H2,1-3H3. The molecule has 1 atom stereocenters. The van der Waals surface area contributed by atoms with Crippen LogP contribution >= 0.6 is 0 Å². The lowest BCUT2D eigenvalue weighted by Crippen LogP contribution is -2.23. The molecule has 0 saturated heterocycles. The molecule has 0 spiro atoms. The Morgan fingerprint density at radius 1 is 1.35 bits per heavy atom. The molecule has 17 heavy (non-hydrogen) atoms.